The van der Waals surface area contributed by atoms with Gasteiger partial charge in [-0.3, -0.25) is 9.59 Å². The summed E-state index contributed by atoms with van der Waals surface area (Å²) in [5.74, 6) is 0.191. The number of carbonyl (C=O) groups is 2. The largest absolute Gasteiger partial charge is 0.354 e. The minimum atomic E-state index is -0.515. The second-order valence-corrected chi connectivity index (χ2v) is 8.74. The summed E-state index contributed by atoms with van der Waals surface area (Å²) in [7, 11) is 0. The Labute approximate surface area is 185 Å². The van der Waals surface area contributed by atoms with Crippen LogP contribution in [0.1, 0.15) is 49.4 Å². The number of aryl methyl sites for hydroxylation is 2. The van der Waals surface area contributed by atoms with Gasteiger partial charge in [-0.25, -0.2) is 0 Å². The molecular formula is C25H33ClN2O2. The van der Waals surface area contributed by atoms with Crippen LogP contribution in [0.3, 0.4) is 0 Å². The monoisotopic (exact) mass is 428 g/mol. The van der Waals surface area contributed by atoms with E-state index in [0.29, 0.717) is 30.5 Å². The van der Waals surface area contributed by atoms with Crippen molar-refractivity contribution in [2.45, 2.75) is 60.0 Å². The van der Waals surface area contributed by atoms with Crippen LogP contribution in [0.2, 0.25) is 5.02 Å². The number of halogens is 1. The van der Waals surface area contributed by atoms with Crippen LogP contribution >= 0.6 is 11.6 Å². The van der Waals surface area contributed by atoms with E-state index in [9.17, 15) is 9.59 Å². The molecule has 0 saturated heterocycles. The molecule has 2 aromatic rings. The summed E-state index contributed by atoms with van der Waals surface area (Å²) in [5, 5.41) is 3.64. The molecule has 0 fully saturated rings. The Balaban J connectivity index is 2.27. The Kier molecular flexibility index (Phi) is 8.91. The second-order valence-electron chi connectivity index (χ2n) is 8.31. The van der Waals surface area contributed by atoms with Crippen LogP contribution < -0.4 is 5.32 Å². The summed E-state index contributed by atoms with van der Waals surface area (Å²) in [5.41, 5.74) is 4.26. The Hall–Kier alpha value is -2.33. The number of carbonyl (C=O) groups excluding carboxylic acids is 2. The molecule has 1 atom stereocenters. The Morgan fingerprint density at radius 3 is 2.20 bits per heavy atom. The van der Waals surface area contributed by atoms with Gasteiger partial charge in [-0.15, -0.1) is 0 Å². The Morgan fingerprint density at radius 2 is 1.63 bits per heavy atom. The van der Waals surface area contributed by atoms with Gasteiger partial charge in [0.2, 0.25) is 11.8 Å². The Bertz CT molecular complexity index is 862. The molecular weight excluding hydrogens is 396 g/mol. The van der Waals surface area contributed by atoms with Gasteiger partial charge in [0.25, 0.3) is 0 Å². The highest BCUT2D eigenvalue weighted by Gasteiger charge is 2.28. The molecule has 0 heterocycles. The topological polar surface area (TPSA) is 49.4 Å². The predicted molar refractivity (Wildman–Crippen MR) is 124 cm³/mol. The average molecular weight is 429 g/mol. The van der Waals surface area contributed by atoms with Gasteiger partial charge >= 0.3 is 0 Å². The predicted octanol–water partition coefficient (Wildman–Crippen LogP) is 5.08. The van der Waals surface area contributed by atoms with E-state index < -0.39 is 6.04 Å². The van der Waals surface area contributed by atoms with Crippen molar-refractivity contribution in [2.75, 3.05) is 6.54 Å². The molecule has 5 heteroatoms. The molecule has 0 aliphatic carbocycles. The van der Waals surface area contributed by atoms with Gasteiger partial charge in [-0.2, -0.15) is 0 Å². The maximum atomic E-state index is 13.3. The lowest BCUT2D eigenvalue weighted by atomic mass is 10.0. The van der Waals surface area contributed by atoms with E-state index in [2.05, 4.69) is 26.1 Å². The summed E-state index contributed by atoms with van der Waals surface area (Å²) in [6.45, 7) is 11.1. The highest BCUT2D eigenvalue weighted by atomic mass is 35.5. The summed E-state index contributed by atoms with van der Waals surface area (Å²) in [6.07, 6.45) is 0.818. The fourth-order valence-electron chi connectivity index (χ4n) is 3.32. The van der Waals surface area contributed by atoms with Crippen LogP contribution in [-0.2, 0) is 22.6 Å². The maximum absolute atomic E-state index is 13.3. The van der Waals surface area contributed by atoms with Crippen LogP contribution in [0, 0.1) is 19.8 Å². The van der Waals surface area contributed by atoms with Crippen LogP contribution in [0.4, 0.5) is 0 Å². The molecule has 2 amide bonds. The van der Waals surface area contributed by atoms with Gasteiger partial charge in [0.1, 0.15) is 6.04 Å². The first-order valence-electron chi connectivity index (χ1n) is 10.6. The van der Waals surface area contributed by atoms with Crippen molar-refractivity contribution in [1.29, 1.82) is 0 Å². The van der Waals surface area contributed by atoms with Crippen molar-refractivity contribution in [2.24, 2.45) is 5.92 Å². The average Bonchev–Trinajstić information content (AvgIpc) is 2.70. The van der Waals surface area contributed by atoms with E-state index in [1.807, 2.05) is 56.3 Å². The van der Waals surface area contributed by atoms with Crippen LogP contribution in [0.25, 0.3) is 0 Å². The number of hydrogen-bond donors (Lipinski definition) is 1. The molecule has 0 aliphatic heterocycles. The lowest BCUT2D eigenvalue weighted by molar-refractivity contribution is -0.141. The van der Waals surface area contributed by atoms with Gasteiger partial charge in [0.15, 0.2) is 0 Å². The van der Waals surface area contributed by atoms with Gasteiger partial charge in [0, 0.05) is 18.1 Å². The van der Waals surface area contributed by atoms with E-state index in [1.54, 1.807) is 4.90 Å². The highest BCUT2D eigenvalue weighted by molar-refractivity contribution is 6.30. The van der Waals surface area contributed by atoms with Crippen molar-refractivity contribution in [3.05, 3.63) is 69.7 Å². The number of amides is 2. The summed E-state index contributed by atoms with van der Waals surface area (Å²) in [6, 6.07) is 13.0. The molecule has 0 unspecified atom stereocenters. The van der Waals surface area contributed by atoms with Gasteiger partial charge < -0.3 is 10.2 Å². The van der Waals surface area contributed by atoms with Crippen LogP contribution in [-0.4, -0.2) is 29.3 Å². The van der Waals surface area contributed by atoms with Crippen molar-refractivity contribution in [3.63, 3.8) is 0 Å². The smallest absolute Gasteiger partial charge is 0.242 e. The number of nitrogens with zero attached hydrogens (tertiary/aromatic N) is 1. The zero-order valence-corrected chi connectivity index (χ0v) is 19.4. The molecule has 0 bridgehead atoms. The number of rotatable bonds is 9. The summed E-state index contributed by atoms with van der Waals surface area (Å²) >= 11 is 6.01. The van der Waals surface area contributed by atoms with Crippen LogP contribution in [0.15, 0.2) is 42.5 Å². The zero-order valence-electron chi connectivity index (χ0n) is 18.7. The molecule has 30 heavy (non-hydrogen) atoms. The van der Waals surface area contributed by atoms with Gasteiger partial charge in [-0.1, -0.05) is 62.7 Å². The third kappa shape index (κ3) is 6.88. The van der Waals surface area contributed by atoms with Gasteiger partial charge in [0.05, 0.1) is 6.42 Å². The highest BCUT2D eigenvalue weighted by Crippen LogP contribution is 2.18. The standard InChI is InChI=1S/C25H33ClN2O2/c1-6-23(25(30)27-15-17(2)3)28(16-20-9-11-22(26)12-10-20)24(29)14-21-8-7-18(4)19(5)13-21/h7-13,17,23H,6,14-16H2,1-5H3,(H,27,30)/t23-/m1/s1. The molecule has 4 nitrogen and oxygen atoms in total. The number of hydrogen-bond acceptors (Lipinski definition) is 2. The maximum Gasteiger partial charge on any atom is 0.242 e. The minimum Gasteiger partial charge on any atom is -0.354 e. The quantitative estimate of drug-likeness (QED) is 0.605. The third-order valence-electron chi connectivity index (χ3n) is 5.26. The van der Waals surface area contributed by atoms with Gasteiger partial charge in [-0.05, 0) is 60.6 Å². The summed E-state index contributed by atoms with van der Waals surface area (Å²) < 4.78 is 0. The molecule has 0 spiro atoms. The molecule has 2 rings (SSSR count). The van der Waals surface area contributed by atoms with E-state index in [-0.39, 0.29) is 18.2 Å². The van der Waals surface area contributed by atoms with E-state index in [4.69, 9.17) is 11.6 Å². The fourth-order valence-corrected chi connectivity index (χ4v) is 3.44. The molecule has 162 valence electrons. The number of nitrogens with one attached hydrogen (secondary N) is 1. The number of benzene rings is 2. The normalized spacial score (nSPS) is 12.0. The summed E-state index contributed by atoms with van der Waals surface area (Å²) in [4.78, 5) is 27.9. The minimum absolute atomic E-state index is 0.0558. The molecule has 0 radical (unpaired) electrons. The van der Waals surface area contributed by atoms with E-state index in [0.717, 1.165) is 16.7 Å². The first-order chi connectivity index (χ1) is 14.2. The Morgan fingerprint density at radius 1 is 1.00 bits per heavy atom. The first-order valence-corrected chi connectivity index (χ1v) is 11.0. The molecule has 2 aromatic carbocycles. The molecule has 0 aromatic heterocycles. The zero-order chi connectivity index (χ0) is 22.3. The lowest BCUT2D eigenvalue weighted by Gasteiger charge is -2.31. The van der Waals surface area contributed by atoms with Crippen molar-refractivity contribution < 1.29 is 9.59 Å². The van der Waals surface area contributed by atoms with Crippen LogP contribution in [0.5, 0.6) is 0 Å². The molecule has 1 N–H and O–H groups in total. The first kappa shape index (κ1) is 23.9. The van der Waals surface area contributed by atoms with Crippen molar-refractivity contribution in [3.8, 4) is 0 Å². The lowest BCUT2D eigenvalue weighted by Crippen LogP contribution is -2.50. The van der Waals surface area contributed by atoms with E-state index >= 15 is 0 Å². The fraction of sp³-hybridized carbons (Fsp3) is 0.440. The van der Waals surface area contributed by atoms with E-state index in [1.165, 1.54) is 5.56 Å². The molecule has 0 aliphatic rings. The van der Waals surface area contributed by atoms with Crippen molar-refractivity contribution >= 4 is 23.4 Å². The van der Waals surface area contributed by atoms with Crippen molar-refractivity contribution in [1.82, 2.24) is 10.2 Å². The molecule has 0 saturated carbocycles. The SMILES string of the molecule is CC[C@H](C(=O)NCC(C)C)N(Cc1ccc(Cl)cc1)C(=O)Cc1ccc(C)c(C)c1. The second kappa shape index (κ2) is 11.2. The third-order valence-corrected chi connectivity index (χ3v) is 5.52.